The van der Waals surface area contributed by atoms with Crippen LogP contribution < -0.4 is 0 Å². The number of nitriles is 1. The van der Waals surface area contributed by atoms with E-state index in [2.05, 4.69) is 28.9 Å². The minimum atomic E-state index is -0.181. The van der Waals surface area contributed by atoms with E-state index in [9.17, 15) is 0 Å². The van der Waals surface area contributed by atoms with Crippen LogP contribution in [-0.4, -0.2) is 4.32 Å². The van der Waals surface area contributed by atoms with Gasteiger partial charge in [-0.25, -0.2) is 0 Å². The van der Waals surface area contributed by atoms with Crippen molar-refractivity contribution in [1.29, 1.82) is 5.26 Å². The van der Waals surface area contributed by atoms with E-state index < -0.39 is 0 Å². The van der Waals surface area contributed by atoms with Gasteiger partial charge in [0.25, 0.3) is 0 Å². The number of alkyl halides is 1. The summed E-state index contributed by atoms with van der Waals surface area (Å²) in [7, 11) is 0. The molecule has 0 aliphatic heterocycles. The lowest BCUT2D eigenvalue weighted by atomic mass is 9.84. The summed E-state index contributed by atoms with van der Waals surface area (Å²) in [6.45, 7) is 2.25. The summed E-state index contributed by atoms with van der Waals surface area (Å²) >= 11 is 3.46. The summed E-state index contributed by atoms with van der Waals surface area (Å²) in [5, 5.41) is 8.74. The van der Waals surface area contributed by atoms with E-state index in [4.69, 9.17) is 5.26 Å². The Morgan fingerprint density at radius 2 is 2.00 bits per heavy atom. The summed E-state index contributed by atoms with van der Waals surface area (Å²) in [5.41, 5.74) is 0. The number of hydrogen-bond donors (Lipinski definition) is 0. The van der Waals surface area contributed by atoms with Gasteiger partial charge in [-0.2, -0.15) is 5.26 Å². The molecule has 1 saturated carbocycles. The smallest absolute Gasteiger partial charge is 0.112 e. The van der Waals surface area contributed by atoms with Gasteiger partial charge in [-0.3, -0.25) is 0 Å². The van der Waals surface area contributed by atoms with Crippen LogP contribution >= 0.6 is 15.9 Å². The highest BCUT2D eigenvalue weighted by atomic mass is 79.9. The highest BCUT2D eigenvalue weighted by molar-refractivity contribution is 9.10. The molecule has 0 radical (unpaired) electrons. The largest absolute Gasteiger partial charge is 0.197 e. The molecule has 0 N–H and O–H groups in total. The maximum atomic E-state index is 8.74. The second-order valence-corrected chi connectivity index (χ2v) is 4.78. The predicted molar refractivity (Wildman–Crippen MR) is 44.9 cm³/mol. The average molecular weight is 202 g/mol. The van der Waals surface area contributed by atoms with Crippen molar-refractivity contribution in [2.45, 2.75) is 36.9 Å². The molecular weight excluding hydrogens is 190 g/mol. The van der Waals surface area contributed by atoms with Crippen LogP contribution in [0.1, 0.15) is 32.6 Å². The van der Waals surface area contributed by atoms with E-state index in [1.54, 1.807) is 0 Å². The van der Waals surface area contributed by atoms with Crippen molar-refractivity contribution < 1.29 is 0 Å². The molecule has 56 valence electrons. The number of rotatable bonds is 0. The van der Waals surface area contributed by atoms with Crippen molar-refractivity contribution in [3.05, 3.63) is 0 Å². The highest BCUT2D eigenvalue weighted by Gasteiger charge is 2.30. The monoisotopic (exact) mass is 201 g/mol. The molecule has 10 heavy (non-hydrogen) atoms. The Morgan fingerprint density at radius 1 is 1.50 bits per heavy atom. The van der Waals surface area contributed by atoms with E-state index in [1.165, 1.54) is 12.8 Å². The molecule has 1 aliphatic carbocycles. The lowest BCUT2D eigenvalue weighted by molar-refractivity contribution is 0.362. The van der Waals surface area contributed by atoms with Crippen LogP contribution in [0.15, 0.2) is 0 Å². The lowest BCUT2D eigenvalue weighted by Crippen LogP contribution is -2.24. The third-order valence-corrected chi connectivity index (χ3v) is 3.24. The normalized spacial score (nSPS) is 40.7. The van der Waals surface area contributed by atoms with E-state index in [1.807, 2.05) is 0 Å². The Balaban J connectivity index is 2.48. The fourth-order valence-electron chi connectivity index (χ4n) is 1.33. The molecule has 0 spiro atoms. The van der Waals surface area contributed by atoms with Crippen molar-refractivity contribution >= 4 is 15.9 Å². The lowest BCUT2D eigenvalue weighted by Gasteiger charge is -2.28. The molecule has 1 rings (SSSR count). The van der Waals surface area contributed by atoms with Gasteiger partial charge in [0.15, 0.2) is 0 Å². The first kappa shape index (κ1) is 8.07. The second kappa shape index (κ2) is 2.92. The second-order valence-electron chi connectivity index (χ2n) is 3.26. The molecule has 0 aromatic heterocycles. The minimum Gasteiger partial charge on any atom is -0.197 e. The molecule has 0 amide bonds. The van der Waals surface area contributed by atoms with Crippen molar-refractivity contribution in [2.75, 3.05) is 0 Å². The van der Waals surface area contributed by atoms with Gasteiger partial charge in [0.05, 0.1) is 6.07 Å². The van der Waals surface area contributed by atoms with Crippen LogP contribution in [0.5, 0.6) is 0 Å². The van der Waals surface area contributed by atoms with Crippen LogP contribution in [0.3, 0.4) is 0 Å². The number of nitrogens with zero attached hydrogens (tertiary/aromatic N) is 1. The van der Waals surface area contributed by atoms with Crippen LogP contribution in [0, 0.1) is 17.2 Å². The maximum absolute atomic E-state index is 8.74. The van der Waals surface area contributed by atoms with Gasteiger partial charge >= 0.3 is 0 Å². The minimum absolute atomic E-state index is 0.181. The van der Waals surface area contributed by atoms with Crippen LogP contribution in [0.2, 0.25) is 0 Å². The summed E-state index contributed by atoms with van der Waals surface area (Å²) in [4.78, 5) is 0. The highest BCUT2D eigenvalue weighted by Crippen LogP contribution is 2.37. The number of halogens is 1. The molecule has 0 unspecified atom stereocenters. The Labute approximate surface area is 70.5 Å². The van der Waals surface area contributed by atoms with Crippen molar-refractivity contribution in [1.82, 2.24) is 0 Å². The van der Waals surface area contributed by atoms with Crippen molar-refractivity contribution in [2.24, 2.45) is 5.92 Å². The molecule has 0 atom stereocenters. The topological polar surface area (TPSA) is 23.8 Å². The van der Waals surface area contributed by atoms with Gasteiger partial charge < -0.3 is 0 Å². The van der Waals surface area contributed by atoms with E-state index >= 15 is 0 Å². The van der Waals surface area contributed by atoms with Crippen LogP contribution in [0.4, 0.5) is 0 Å². The molecule has 1 fully saturated rings. The third kappa shape index (κ3) is 1.73. The average Bonchev–Trinajstić information content (AvgIpc) is 1.96. The molecule has 0 aromatic carbocycles. The molecular formula is C8H12BrN. The zero-order chi connectivity index (χ0) is 7.61. The molecule has 0 saturated heterocycles. The molecule has 1 nitrogen and oxygen atoms in total. The zero-order valence-corrected chi connectivity index (χ0v) is 7.82. The zero-order valence-electron chi connectivity index (χ0n) is 6.23. The first-order valence-electron chi connectivity index (χ1n) is 3.76. The SMILES string of the molecule is CC1CCC(Br)(C#N)CC1. The summed E-state index contributed by atoms with van der Waals surface area (Å²) in [5.74, 6) is 0.819. The Bertz CT molecular complexity index is 151. The van der Waals surface area contributed by atoms with Gasteiger partial charge in [0.2, 0.25) is 0 Å². The van der Waals surface area contributed by atoms with E-state index in [-0.39, 0.29) is 4.32 Å². The summed E-state index contributed by atoms with van der Waals surface area (Å²) in [6, 6.07) is 2.32. The molecule has 0 aromatic rings. The fourth-order valence-corrected chi connectivity index (χ4v) is 1.79. The molecule has 0 bridgehead atoms. The summed E-state index contributed by atoms with van der Waals surface area (Å²) < 4.78 is -0.181. The first-order valence-corrected chi connectivity index (χ1v) is 4.56. The third-order valence-electron chi connectivity index (χ3n) is 2.27. The predicted octanol–water partition coefficient (Wildman–Crippen LogP) is 2.85. The van der Waals surface area contributed by atoms with E-state index in [0.717, 1.165) is 18.8 Å². The van der Waals surface area contributed by atoms with E-state index in [0.29, 0.717) is 0 Å². The maximum Gasteiger partial charge on any atom is 0.112 e. The summed E-state index contributed by atoms with van der Waals surface area (Å²) in [6.07, 6.45) is 4.42. The Hall–Kier alpha value is -0.0300. The van der Waals surface area contributed by atoms with Gasteiger partial charge in [0.1, 0.15) is 4.32 Å². The van der Waals surface area contributed by atoms with Crippen molar-refractivity contribution in [3.63, 3.8) is 0 Å². The van der Waals surface area contributed by atoms with Gasteiger partial charge in [-0.1, -0.05) is 22.9 Å². The fraction of sp³-hybridized carbons (Fsp3) is 0.875. The Morgan fingerprint density at radius 3 is 2.40 bits per heavy atom. The molecule has 1 aliphatic rings. The number of hydrogen-bond acceptors (Lipinski definition) is 1. The van der Waals surface area contributed by atoms with Gasteiger partial charge in [0, 0.05) is 0 Å². The van der Waals surface area contributed by atoms with Gasteiger partial charge in [-0.05, 0) is 31.6 Å². The molecule has 2 heteroatoms. The van der Waals surface area contributed by atoms with Gasteiger partial charge in [-0.15, -0.1) is 0 Å². The van der Waals surface area contributed by atoms with Crippen molar-refractivity contribution in [3.8, 4) is 6.07 Å². The quantitative estimate of drug-likeness (QED) is 0.554. The Kier molecular flexibility index (Phi) is 2.36. The van der Waals surface area contributed by atoms with Crippen LogP contribution in [0.25, 0.3) is 0 Å². The standard InChI is InChI=1S/C8H12BrN/c1-7-2-4-8(9,6-10)5-3-7/h7H,2-5H2,1H3. The first-order chi connectivity index (χ1) is 4.66. The molecule has 0 heterocycles. The van der Waals surface area contributed by atoms with Crippen LogP contribution in [-0.2, 0) is 0 Å².